The van der Waals surface area contributed by atoms with E-state index in [0.717, 1.165) is 5.82 Å². The second kappa shape index (κ2) is 6.01. The highest BCUT2D eigenvalue weighted by molar-refractivity contribution is 5.74. The first-order valence-electron chi connectivity index (χ1n) is 7.31. The van der Waals surface area contributed by atoms with Crippen molar-refractivity contribution in [2.45, 2.75) is 39.8 Å². The summed E-state index contributed by atoms with van der Waals surface area (Å²) in [7, 11) is 1.80. The number of urea groups is 1. The summed E-state index contributed by atoms with van der Waals surface area (Å²) in [6.07, 6.45) is 1.69. The molecule has 0 aliphatic carbocycles. The Hall–Kier alpha value is -1.63. The molecule has 1 saturated heterocycles. The summed E-state index contributed by atoms with van der Waals surface area (Å²) in [5.74, 6) is 0.768. The van der Waals surface area contributed by atoms with Gasteiger partial charge in [0.2, 0.25) is 0 Å². The van der Waals surface area contributed by atoms with Gasteiger partial charge in [-0.15, -0.1) is 10.2 Å². The summed E-state index contributed by atoms with van der Waals surface area (Å²) in [5, 5.41) is 11.0. The molecule has 1 aliphatic rings. The van der Waals surface area contributed by atoms with Crippen LogP contribution in [0.25, 0.3) is 0 Å². The minimum atomic E-state index is -0.185. The lowest BCUT2D eigenvalue weighted by molar-refractivity contribution is -0.108. The molecule has 118 valence electrons. The van der Waals surface area contributed by atoms with Gasteiger partial charge >= 0.3 is 6.03 Å². The number of nitrogens with zero attached hydrogens (tertiary/aromatic N) is 4. The van der Waals surface area contributed by atoms with E-state index < -0.39 is 0 Å². The van der Waals surface area contributed by atoms with Gasteiger partial charge in [0.25, 0.3) is 0 Å². The first-order valence-corrected chi connectivity index (χ1v) is 7.31. The molecule has 1 fully saturated rings. The standard InChI is InChI=1S/C14H25N5O2/c1-10(2)19-9-15-17-12(19)11(3)16-13(20)18(5)6-14(4)7-21-8-14/h9-11H,6-8H2,1-5H3,(H,16,20). The van der Waals surface area contributed by atoms with Crippen molar-refractivity contribution in [2.75, 3.05) is 26.8 Å². The van der Waals surface area contributed by atoms with Crippen molar-refractivity contribution in [1.82, 2.24) is 25.0 Å². The normalized spacial score (nSPS) is 18.2. The highest BCUT2D eigenvalue weighted by Crippen LogP contribution is 2.27. The van der Waals surface area contributed by atoms with Gasteiger partial charge < -0.3 is 19.5 Å². The van der Waals surface area contributed by atoms with Crippen molar-refractivity contribution in [3.8, 4) is 0 Å². The lowest BCUT2D eigenvalue weighted by atomic mass is 9.88. The lowest BCUT2D eigenvalue weighted by Gasteiger charge is -2.40. The van der Waals surface area contributed by atoms with Crippen LogP contribution in [0.2, 0.25) is 0 Å². The van der Waals surface area contributed by atoms with E-state index in [2.05, 4.69) is 36.3 Å². The number of carbonyl (C=O) groups is 1. The van der Waals surface area contributed by atoms with Crippen LogP contribution in [0.1, 0.15) is 45.6 Å². The van der Waals surface area contributed by atoms with Gasteiger partial charge in [-0.05, 0) is 20.8 Å². The van der Waals surface area contributed by atoms with Gasteiger partial charge in [-0.1, -0.05) is 6.92 Å². The molecule has 7 heteroatoms. The molecule has 21 heavy (non-hydrogen) atoms. The van der Waals surface area contributed by atoms with Crippen LogP contribution < -0.4 is 5.32 Å². The molecule has 0 aromatic carbocycles. The molecule has 0 radical (unpaired) electrons. The molecule has 1 atom stereocenters. The predicted octanol–water partition coefficient (Wildman–Crippen LogP) is 1.60. The minimum absolute atomic E-state index is 0.0767. The molecule has 1 unspecified atom stereocenters. The van der Waals surface area contributed by atoms with Gasteiger partial charge in [0.1, 0.15) is 6.33 Å². The SMILES string of the molecule is CC(NC(=O)N(C)CC1(C)COC1)c1nncn1C(C)C. The van der Waals surface area contributed by atoms with Gasteiger partial charge in [-0.25, -0.2) is 4.79 Å². The number of rotatable bonds is 5. The fourth-order valence-electron chi connectivity index (χ4n) is 2.51. The Balaban J connectivity index is 1.93. The first kappa shape index (κ1) is 15.8. The third kappa shape index (κ3) is 3.53. The number of carbonyl (C=O) groups excluding carboxylic acids is 1. The number of amides is 2. The second-order valence-electron chi connectivity index (χ2n) is 6.52. The highest BCUT2D eigenvalue weighted by Gasteiger charge is 2.35. The molecule has 2 heterocycles. The topological polar surface area (TPSA) is 72.3 Å². The molecule has 0 bridgehead atoms. The van der Waals surface area contributed by atoms with E-state index >= 15 is 0 Å². The molecule has 2 amide bonds. The van der Waals surface area contributed by atoms with Crippen LogP contribution in [0.5, 0.6) is 0 Å². The Morgan fingerprint density at radius 1 is 1.52 bits per heavy atom. The van der Waals surface area contributed by atoms with E-state index in [1.165, 1.54) is 0 Å². The molecule has 0 spiro atoms. The van der Waals surface area contributed by atoms with Gasteiger partial charge in [0, 0.05) is 25.0 Å². The molecule has 1 aliphatic heterocycles. The fourth-order valence-corrected chi connectivity index (χ4v) is 2.51. The summed E-state index contributed by atoms with van der Waals surface area (Å²) >= 11 is 0. The summed E-state index contributed by atoms with van der Waals surface area (Å²) in [4.78, 5) is 14.0. The van der Waals surface area contributed by atoms with Crippen molar-refractivity contribution in [3.05, 3.63) is 12.2 Å². The Morgan fingerprint density at radius 3 is 2.71 bits per heavy atom. The molecule has 7 nitrogen and oxygen atoms in total. The van der Waals surface area contributed by atoms with Crippen molar-refractivity contribution in [3.63, 3.8) is 0 Å². The predicted molar refractivity (Wildman–Crippen MR) is 78.9 cm³/mol. The van der Waals surface area contributed by atoms with Gasteiger partial charge in [0.15, 0.2) is 5.82 Å². The molecule has 1 aromatic rings. The molecule has 0 saturated carbocycles. The van der Waals surface area contributed by atoms with Crippen LogP contribution in [-0.2, 0) is 4.74 Å². The molecule has 1 aromatic heterocycles. The summed E-state index contributed by atoms with van der Waals surface area (Å²) in [6.45, 7) is 10.3. The van der Waals surface area contributed by atoms with E-state index in [9.17, 15) is 4.79 Å². The molecule has 2 rings (SSSR count). The Morgan fingerprint density at radius 2 is 2.19 bits per heavy atom. The zero-order valence-corrected chi connectivity index (χ0v) is 13.5. The third-order valence-electron chi connectivity index (χ3n) is 3.75. The van der Waals surface area contributed by atoms with Crippen LogP contribution in [0.3, 0.4) is 0 Å². The van der Waals surface area contributed by atoms with Crippen molar-refractivity contribution < 1.29 is 9.53 Å². The number of aromatic nitrogens is 3. The first-order chi connectivity index (χ1) is 9.82. The molecular formula is C14H25N5O2. The highest BCUT2D eigenvalue weighted by atomic mass is 16.5. The average Bonchev–Trinajstić information content (AvgIpc) is 2.85. The third-order valence-corrected chi connectivity index (χ3v) is 3.75. The van der Waals surface area contributed by atoms with Gasteiger partial charge in [0.05, 0.1) is 19.3 Å². The second-order valence-corrected chi connectivity index (χ2v) is 6.52. The number of hydrogen-bond donors (Lipinski definition) is 1. The Labute approximate surface area is 125 Å². The minimum Gasteiger partial charge on any atom is -0.380 e. The van der Waals surface area contributed by atoms with Crippen molar-refractivity contribution >= 4 is 6.03 Å². The Bertz CT molecular complexity index is 495. The molecular weight excluding hydrogens is 270 g/mol. The Kier molecular flexibility index (Phi) is 4.51. The maximum Gasteiger partial charge on any atom is 0.317 e. The van der Waals surface area contributed by atoms with E-state index in [4.69, 9.17) is 4.74 Å². The van der Waals surface area contributed by atoms with Crippen LogP contribution in [0.15, 0.2) is 6.33 Å². The van der Waals surface area contributed by atoms with Crippen molar-refractivity contribution in [2.24, 2.45) is 5.41 Å². The zero-order chi connectivity index (χ0) is 15.6. The molecule has 1 N–H and O–H groups in total. The quantitative estimate of drug-likeness (QED) is 0.895. The van der Waals surface area contributed by atoms with Crippen LogP contribution in [0, 0.1) is 5.41 Å². The van der Waals surface area contributed by atoms with Crippen LogP contribution >= 0.6 is 0 Å². The van der Waals surface area contributed by atoms with E-state index in [1.54, 1.807) is 18.3 Å². The maximum absolute atomic E-state index is 12.3. The summed E-state index contributed by atoms with van der Waals surface area (Å²) in [6, 6.07) is -0.0256. The maximum atomic E-state index is 12.3. The largest absolute Gasteiger partial charge is 0.380 e. The van der Waals surface area contributed by atoms with E-state index in [0.29, 0.717) is 19.8 Å². The zero-order valence-electron chi connectivity index (χ0n) is 13.5. The van der Waals surface area contributed by atoms with Crippen LogP contribution in [0.4, 0.5) is 4.79 Å². The van der Waals surface area contributed by atoms with Crippen molar-refractivity contribution in [1.29, 1.82) is 0 Å². The number of ether oxygens (including phenoxy) is 1. The van der Waals surface area contributed by atoms with E-state index in [-0.39, 0.29) is 23.5 Å². The van der Waals surface area contributed by atoms with Gasteiger partial charge in [-0.3, -0.25) is 0 Å². The van der Waals surface area contributed by atoms with Crippen LogP contribution in [-0.4, -0.2) is 52.5 Å². The number of nitrogens with one attached hydrogen (secondary N) is 1. The number of hydrogen-bond acceptors (Lipinski definition) is 4. The lowest BCUT2D eigenvalue weighted by Crippen LogP contribution is -2.51. The van der Waals surface area contributed by atoms with Gasteiger partial charge in [-0.2, -0.15) is 0 Å². The summed E-state index contributed by atoms with van der Waals surface area (Å²) in [5.41, 5.74) is 0.0767. The van der Waals surface area contributed by atoms with E-state index in [1.807, 2.05) is 11.5 Å². The monoisotopic (exact) mass is 295 g/mol. The summed E-state index contributed by atoms with van der Waals surface area (Å²) < 4.78 is 7.18. The fraction of sp³-hybridized carbons (Fsp3) is 0.786. The smallest absolute Gasteiger partial charge is 0.317 e. The average molecular weight is 295 g/mol.